The Morgan fingerprint density at radius 1 is 1.33 bits per heavy atom. The van der Waals surface area contributed by atoms with Crippen LogP contribution >= 0.6 is 0 Å². The number of hydrogen-bond acceptors (Lipinski definition) is 7. The first kappa shape index (κ1) is 15.1. The number of aliphatic hydroxyl groups excluding tert-OH is 1. The number of aromatic nitrogens is 3. The Labute approximate surface area is 121 Å². The standard InChI is InChI=1S/C12H14N4O4S/c1-8-5-10(20-2)15-12(14-8)16-21(18,19)11-4-3-9(7-17)6-13-11/h3-6,17H,7H2,1-2H3,(H,14,15,16). The number of pyridine rings is 1. The van der Waals surface area contributed by atoms with Crippen molar-refractivity contribution in [3.63, 3.8) is 0 Å². The Bertz CT molecular complexity index is 731. The van der Waals surface area contributed by atoms with Gasteiger partial charge in [0.25, 0.3) is 10.0 Å². The van der Waals surface area contributed by atoms with Crippen LogP contribution in [-0.4, -0.2) is 35.6 Å². The van der Waals surface area contributed by atoms with Gasteiger partial charge in [0, 0.05) is 18.0 Å². The normalized spacial score (nSPS) is 11.2. The van der Waals surface area contributed by atoms with Crippen molar-refractivity contribution in [2.75, 3.05) is 11.8 Å². The van der Waals surface area contributed by atoms with Gasteiger partial charge in [-0.25, -0.2) is 14.7 Å². The predicted molar refractivity (Wildman–Crippen MR) is 74.3 cm³/mol. The zero-order chi connectivity index (χ0) is 15.5. The highest BCUT2D eigenvalue weighted by molar-refractivity contribution is 7.92. The monoisotopic (exact) mass is 310 g/mol. The van der Waals surface area contributed by atoms with Gasteiger partial charge in [-0.05, 0) is 18.6 Å². The summed E-state index contributed by atoms with van der Waals surface area (Å²) < 4.78 is 31.5. The molecule has 112 valence electrons. The molecule has 2 aromatic rings. The minimum absolute atomic E-state index is 0.0973. The summed E-state index contributed by atoms with van der Waals surface area (Å²) in [5, 5.41) is 8.72. The molecule has 0 amide bonds. The second-order valence-electron chi connectivity index (χ2n) is 4.14. The smallest absolute Gasteiger partial charge is 0.281 e. The van der Waals surface area contributed by atoms with Crippen molar-refractivity contribution in [3.05, 3.63) is 35.7 Å². The number of anilines is 1. The van der Waals surface area contributed by atoms with Crippen LogP contribution in [0.1, 0.15) is 11.3 Å². The Hall–Kier alpha value is -2.26. The third-order valence-electron chi connectivity index (χ3n) is 2.52. The molecule has 0 aliphatic carbocycles. The molecule has 0 atom stereocenters. The second kappa shape index (κ2) is 6.02. The molecule has 0 saturated carbocycles. The number of ether oxygens (including phenoxy) is 1. The molecule has 2 N–H and O–H groups in total. The molecule has 8 nitrogen and oxygen atoms in total. The van der Waals surface area contributed by atoms with E-state index in [1.807, 2.05) is 0 Å². The number of methoxy groups -OCH3 is 1. The zero-order valence-electron chi connectivity index (χ0n) is 11.4. The SMILES string of the molecule is COc1cc(C)nc(NS(=O)(=O)c2ccc(CO)cn2)n1. The van der Waals surface area contributed by atoms with Crippen LogP contribution in [-0.2, 0) is 16.6 Å². The quantitative estimate of drug-likeness (QED) is 0.825. The molecular formula is C12H14N4O4S. The van der Waals surface area contributed by atoms with E-state index in [1.54, 1.807) is 13.0 Å². The molecule has 2 heterocycles. The maximum Gasteiger partial charge on any atom is 0.281 e. The predicted octanol–water partition coefficient (Wildman–Crippen LogP) is 0.482. The Kier molecular flexibility index (Phi) is 4.34. The maximum absolute atomic E-state index is 12.2. The van der Waals surface area contributed by atoms with E-state index in [0.29, 0.717) is 11.3 Å². The van der Waals surface area contributed by atoms with Crippen molar-refractivity contribution in [1.82, 2.24) is 15.0 Å². The van der Waals surface area contributed by atoms with Crippen LogP contribution in [0.4, 0.5) is 5.95 Å². The molecule has 0 aromatic carbocycles. The van der Waals surface area contributed by atoms with E-state index in [-0.39, 0.29) is 23.5 Å². The highest BCUT2D eigenvalue weighted by Crippen LogP contribution is 2.15. The van der Waals surface area contributed by atoms with Gasteiger partial charge in [0.2, 0.25) is 11.8 Å². The van der Waals surface area contributed by atoms with E-state index in [2.05, 4.69) is 19.7 Å². The lowest BCUT2D eigenvalue weighted by Gasteiger charge is -2.08. The van der Waals surface area contributed by atoms with Crippen molar-refractivity contribution in [2.45, 2.75) is 18.6 Å². The van der Waals surface area contributed by atoms with Crippen molar-refractivity contribution in [1.29, 1.82) is 0 Å². The lowest BCUT2D eigenvalue weighted by Crippen LogP contribution is -2.17. The molecule has 9 heteroatoms. The minimum Gasteiger partial charge on any atom is -0.481 e. The molecule has 0 fully saturated rings. The molecule has 0 spiro atoms. The van der Waals surface area contributed by atoms with E-state index in [9.17, 15) is 8.42 Å². The van der Waals surface area contributed by atoms with Crippen LogP contribution in [0.3, 0.4) is 0 Å². The van der Waals surface area contributed by atoms with Crippen LogP contribution in [0.2, 0.25) is 0 Å². The van der Waals surface area contributed by atoms with Crippen molar-refractivity contribution >= 4 is 16.0 Å². The summed E-state index contributed by atoms with van der Waals surface area (Å²) in [5.74, 6) is 0.156. The fourth-order valence-electron chi connectivity index (χ4n) is 1.53. The highest BCUT2D eigenvalue weighted by Gasteiger charge is 2.18. The summed E-state index contributed by atoms with van der Waals surface area (Å²) >= 11 is 0. The zero-order valence-corrected chi connectivity index (χ0v) is 12.3. The van der Waals surface area contributed by atoms with Gasteiger partial charge in [-0.1, -0.05) is 6.07 Å². The van der Waals surface area contributed by atoms with Gasteiger partial charge in [0.05, 0.1) is 13.7 Å². The number of aliphatic hydroxyl groups is 1. The molecule has 0 bridgehead atoms. The lowest BCUT2D eigenvalue weighted by atomic mass is 10.3. The van der Waals surface area contributed by atoms with Crippen molar-refractivity contribution in [2.24, 2.45) is 0 Å². The molecule has 0 aliphatic heterocycles. The van der Waals surface area contributed by atoms with Crippen molar-refractivity contribution < 1.29 is 18.3 Å². The maximum atomic E-state index is 12.2. The topological polar surface area (TPSA) is 114 Å². The average Bonchev–Trinajstić information content (AvgIpc) is 2.46. The fraction of sp³-hybridized carbons (Fsp3) is 0.250. The number of nitrogens with one attached hydrogen (secondary N) is 1. The van der Waals surface area contributed by atoms with Gasteiger partial charge < -0.3 is 9.84 Å². The number of rotatable bonds is 5. The van der Waals surface area contributed by atoms with Crippen LogP contribution in [0.5, 0.6) is 5.88 Å². The highest BCUT2D eigenvalue weighted by atomic mass is 32.2. The van der Waals surface area contributed by atoms with Gasteiger partial charge >= 0.3 is 0 Å². The third-order valence-corrected chi connectivity index (χ3v) is 3.76. The summed E-state index contributed by atoms with van der Waals surface area (Å²) in [7, 11) is -2.48. The van der Waals surface area contributed by atoms with Crippen LogP contribution in [0, 0.1) is 6.92 Å². The number of hydrogen-bond donors (Lipinski definition) is 2. The summed E-state index contributed by atoms with van der Waals surface area (Å²) in [6, 6.07) is 4.34. The molecule has 2 aromatic heterocycles. The molecule has 0 radical (unpaired) electrons. The Balaban J connectivity index is 2.30. The van der Waals surface area contributed by atoms with Crippen LogP contribution < -0.4 is 9.46 Å². The van der Waals surface area contributed by atoms with E-state index in [1.165, 1.54) is 25.4 Å². The molecule has 0 unspecified atom stereocenters. The third kappa shape index (κ3) is 3.64. The largest absolute Gasteiger partial charge is 0.481 e. The summed E-state index contributed by atoms with van der Waals surface area (Å²) in [4.78, 5) is 11.7. The number of nitrogens with zero attached hydrogens (tertiary/aromatic N) is 3. The molecule has 21 heavy (non-hydrogen) atoms. The van der Waals surface area contributed by atoms with E-state index in [4.69, 9.17) is 9.84 Å². The fourth-order valence-corrected chi connectivity index (χ4v) is 2.40. The first-order valence-electron chi connectivity index (χ1n) is 5.93. The van der Waals surface area contributed by atoms with Crippen LogP contribution in [0.25, 0.3) is 0 Å². The molecule has 2 rings (SSSR count). The average molecular weight is 310 g/mol. The first-order chi connectivity index (χ1) is 9.94. The summed E-state index contributed by atoms with van der Waals surface area (Å²) in [6.45, 7) is 1.48. The van der Waals surface area contributed by atoms with E-state index >= 15 is 0 Å². The molecular weight excluding hydrogens is 296 g/mol. The van der Waals surface area contributed by atoms with Gasteiger partial charge in [0.15, 0.2) is 5.03 Å². The number of sulfonamides is 1. The van der Waals surface area contributed by atoms with E-state index < -0.39 is 10.0 Å². The summed E-state index contributed by atoms with van der Waals surface area (Å²) in [6.07, 6.45) is 1.28. The second-order valence-corrected chi connectivity index (χ2v) is 5.77. The Morgan fingerprint density at radius 2 is 2.10 bits per heavy atom. The van der Waals surface area contributed by atoms with Crippen LogP contribution in [0.15, 0.2) is 29.4 Å². The number of aryl methyl sites for hydroxylation is 1. The van der Waals surface area contributed by atoms with Gasteiger partial charge in [-0.2, -0.15) is 13.4 Å². The summed E-state index contributed by atoms with van der Waals surface area (Å²) in [5.41, 5.74) is 1.07. The van der Waals surface area contributed by atoms with Gasteiger partial charge in [-0.15, -0.1) is 0 Å². The lowest BCUT2D eigenvalue weighted by molar-refractivity contribution is 0.281. The molecule has 0 saturated heterocycles. The van der Waals surface area contributed by atoms with Gasteiger partial charge in [-0.3, -0.25) is 0 Å². The van der Waals surface area contributed by atoms with E-state index in [0.717, 1.165) is 0 Å². The van der Waals surface area contributed by atoms with Gasteiger partial charge in [0.1, 0.15) is 0 Å². The van der Waals surface area contributed by atoms with Crippen molar-refractivity contribution in [3.8, 4) is 5.88 Å². The molecule has 0 aliphatic rings. The minimum atomic E-state index is -3.90. The first-order valence-corrected chi connectivity index (χ1v) is 7.41. The Morgan fingerprint density at radius 3 is 2.67 bits per heavy atom.